The number of fused-ring (bicyclic) bond motifs is 1. The lowest BCUT2D eigenvalue weighted by Crippen LogP contribution is -2.17. The molecule has 2 N–H and O–H groups in total. The predicted octanol–water partition coefficient (Wildman–Crippen LogP) is 3.08. The first kappa shape index (κ1) is 13.8. The Morgan fingerprint density at radius 2 is 2.05 bits per heavy atom. The van der Waals surface area contributed by atoms with Crippen molar-refractivity contribution in [1.82, 2.24) is 14.5 Å². The van der Waals surface area contributed by atoms with Crippen LogP contribution in [0, 0.1) is 0 Å². The Kier molecular flexibility index (Phi) is 3.97. The molecule has 0 radical (unpaired) electrons. The van der Waals surface area contributed by atoms with E-state index in [2.05, 4.69) is 33.6 Å². The number of hydrogen-bond donors (Lipinski definition) is 1. The van der Waals surface area contributed by atoms with Crippen LogP contribution in [0.25, 0.3) is 10.9 Å². The van der Waals surface area contributed by atoms with Gasteiger partial charge in [-0.3, -0.25) is 4.98 Å². The molecule has 2 aromatic heterocycles. The van der Waals surface area contributed by atoms with E-state index in [1.165, 1.54) is 0 Å². The fourth-order valence-electron chi connectivity index (χ4n) is 2.73. The summed E-state index contributed by atoms with van der Waals surface area (Å²) >= 11 is 0. The van der Waals surface area contributed by atoms with Gasteiger partial charge in [-0.05, 0) is 24.1 Å². The van der Waals surface area contributed by atoms with E-state index >= 15 is 0 Å². The van der Waals surface area contributed by atoms with Crippen molar-refractivity contribution in [1.29, 1.82) is 0 Å². The van der Waals surface area contributed by atoms with Gasteiger partial charge in [-0.25, -0.2) is 4.98 Å². The highest BCUT2D eigenvalue weighted by Crippen LogP contribution is 2.23. The third kappa shape index (κ3) is 2.81. The van der Waals surface area contributed by atoms with Gasteiger partial charge in [-0.15, -0.1) is 0 Å². The summed E-state index contributed by atoms with van der Waals surface area (Å²) in [6.07, 6.45) is 7.52. The Balaban J connectivity index is 1.90. The summed E-state index contributed by atoms with van der Waals surface area (Å²) in [5, 5.41) is 1.13. The zero-order chi connectivity index (χ0) is 14.7. The number of nitrogens with zero attached hydrogens (tertiary/aromatic N) is 3. The minimum absolute atomic E-state index is 0.0732. The van der Waals surface area contributed by atoms with Crippen molar-refractivity contribution in [2.45, 2.75) is 32.4 Å². The average Bonchev–Trinajstić information content (AvgIpc) is 2.94. The highest BCUT2D eigenvalue weighted by atomic mass is 15.1. The standard InChI is InChI=1S/C17H20N4/c1-2-10-21-11-9-20-17(21)12-15(18)13-5-3-7-16-14(13)6-4-8-19-16/h3-9,11,15H,2,10,12,18H2,1H3. The number of aromatic nitrogens is 3. The van der Waals surface area contributed by atoms with Gasteiger partial charge in [-0.1, -0.05) is 25.1 Å². The normalized spacial score (nSPS) is 12.7. The van der Waals surface area contributed by atoms with E-state index in [9.17, 15) is 0 Å². The summed E-state index contributed by atoms with van der Waals surface area (Å²) in [5.74, 6) is 1.05. The van der Waals surface area contributed by atoms with Crippen LogP contribution in [0.5, 0.6) is 0 Å². The first-order valence-electron chi connectivity index (χ1n) is 7.39. The van der Waals surface area contributed by atoms with Crippen LogP contribution in [-0.2, 0) is 13.0 Å². The van der Waals surface area contributed by atoms with Crippen molar-refractivity contribution < 1.29 is 0 Å². The average molecular weight is 280 g/mol. The molecule has 0 bridgehead atoms. The van der Waals surface area contributed by atoms with Crippen LogP contribution in [0.4, 0.5) is 0 Å². The maximum absolute atomic E-state index is 6.44. The highest BCUT2D eigenvalue weighted by molar-refractivity contribution is 5.82. The van der Waals surface area contributed by atoms with Gasteiger partial charge in [0.05, 0.1) is 5.52 Å². The lowest BCUT2D eigenvalue weighted by molar-refractivity contribution is 0.600. The van der Waals surface area contributed by atoms with Crippen molar-refractivity contribution in [3.05, 3.63) is 60.3 Å². The fraction of sp³-hybridized carbons (Fsp3) is 0.294. The van der Waals surface area contributed by atoms with E-state index in [0.717, 1.165) is 41.7 Å². The summed E-state index contributed by atoms with van der Waals surface area (Å²) in [6.45, 7) is 3.15. The predicted molar refractivity (Wildman–Crippen MR) is 84.9 cm³/mol. The first-order valence-corrected chi connectivity index (χ1v) is 7.39. The zero-order valence-electron chi connectivity index (χ0n) is 12.2. The van der Waals surface area contributed by atoms with Gasteiger partial charge in [0.1, 0.15) is 5.82 Å². The molecule has 0 amide bonds. The summed E-state index contributed by atoms with van der Waals surface area (Å²) < 4.78 is 2.18. The van der Waals surface area contributed by atoms with E-state index in [1.54, 1.807) is 0 Å². The number of pyridine rings is 1. The molecule has 1 unspecified atom stereocenters. The van der Waals surface area contributed by atoms with Crippen molar-refractivity contribution in [2.24, 2.45) is 5.73 Å². The van der Waals surface area contributed by atoms with Crippen LogP contribution in [0.15, 0.2) is 48.9 Å². The van der Waals surface area contributed by atoms with Gasteiger partial charge in [0.25, 0.3) is 0 Å². The van der Waals surface area contributed by atoms with Crippen LogP contribution in [0.3, 0.4) is 0 Å². The summed E-state index contributed by atoms with van der Waals surface area (Å²) in [7, 11) is 0. The number of aryl methyl sites for hydroxylation is 1. The molecule has 1 atom stereocenters. The maximum atomic E-state index is 6.44. The third-order valence-corrected chi connectivity index (χ3v) is 3.75. The van der Waals surface area contributed by atoms with Crippen molar-refractivity contribution >= 4 is 10.9 Å². The summed E-state index contributed by atoms with van der Waals surface area (Å²) in [5.41, 5.74) is 8.56. The molecule has 2 heterocycles. The molecule has 4 nitrogen and oxygen atoms in total. The van der Waals surface area contributed by atoms with Gasteiger partial charge in [0.15, 0.2) is 0 Å². The Labute approximate surface area is 124 Å². The molecule has 1 aromatic carbocycles. The van der Waals surface area contributed by atoms with Crippen LogP contribution < -0.4 is 5.73 Å². The largest absolute Gasteiger partial charge is 0.335 e. The molecule has 0 saturated heterocycles. The molecule has 0 fully saturated rings. The molecule has 108 valence electrons. The van der Waals surface area contributed by atoms with Crippen molar-refractivity contribution in [2.75, 3.05) is 0 Å². The zero-order valence-corrected chi connectivity index (χ0v) is 12.2. The molecular formula is C17H20N4. The second kappa shape index (κ2) is 6.06. The van der Waals surface area contributed by atoms with E-state index in [1.807, 2.05) is 36.8 Å². The van der Waals surface area contributed by atoms with E-state index < -0.39 is 0 Å². The lowest BCUT2D eigenvalue weighted by atomic mass is 9.99. The Morgan fingerprint density at radius 1 is 1.14 bits per heavy atom. The molecule has 21 heavy (non-hydrogen) atoms. The topological polar surface area (TPSA) is 56.7 Å². The van der Waals surface area contributed by atoms with Crippen LogP contribution in [0.1, 0.15) is 30.8 Å². The molecule has 3 aromatic rings. The SMILES string of the molecule is CCCn1ccnc1CC(N)c1cccc2ncccc12. The second-order valence-corrected chi connectivity index (χ2v) is 5.26. The van der Waals surface area contributed by atoms with E-state index in [-0.39, 0.29) is 6.04 Å². The monoisotopic (exact) mass is 280 g/mol. The lowest BCUT2D eigenvalue weighted by Gasteiger charge is -2.15. The number of imidazole rings is 1. The first-order chi connectivity index (χ1) is 10.3. The Morgan fingerprint density at radius 3 is 2.90 bits per heavy atom. The van der Waals surface area contributed by atoms with Gasteiger partial charge in [0, 0.05) is 43.0 Å². The quantitative estimate of drug-likeness (QED) is 0.781. The number of nitrogens with two attached hydrogens (primary N) is 1. The smallest absolute Gasteiger partial charge is 0.110 e. The van der Waals surface area contributed by atoms with E-state index in [4.69, 9.17) is 5.73 Å². The molecule has 3 rings (SSSR count). The van der Waals surface area contributed by atoms with Crippen LogP contribution in [0.2, 0.25) is 0 Å². The molecule has 0 aliphatic heterocycles. The van der Waals surface area contributed by atoms with Crippen molar-refractivity contribution in [3.8, 4) is 0 Å². The maximum Gasteiger partial charge on any atom is 0.110 e. The summed E-state index contributed by atoms with van der Waals surface area (Å²) in [6, 6.07) is 10.1. The van der Waals surface area contributed by atoms with Crippen LogP contribution in [-0.4, -0.2) is 14.5 Å². The third-order valence-electron chi connectivity index (χ3n) is 3.75. The van der Waals surface area contributed by atoms with Crippen LogP contribution >= 0.6 is 0 Å². The Bertz CT molecular complexity index is 727. The summed E-state index contributed by atoms with van der Waals surface area (Å²) in [4.78, 5) is 8.84. The minimum Gasteiger partial charge on any atom is -0.335 e. The van der Waals surface area contributed by atoms with Gasteiger partial charge < -0.3 is 10.3 Å². The minimum atomic E-state index is -0.0732. The molecule has 0 aliphatic carbocycles. The van der Waals surface area contributed by atoms with Gasteiger partial charge >= 0.3 is 0 Å². The molecule has 0 saturated carbocycles. The van der Waals surface area contributed by atoms with E-state index in [0.29, 0.717) is 0 Å². The second-order valence-electron chi connectivity index (χ2n) is 5.26. The number of hydrogen-bond acceptors (Lipinski definition) is 3. The Hall–Kier alpha value is -2.20. The molecule has 4 heteroatoms. The molecule has 0 spiro atoms. The number of benzene rings is 1. The molecular weight excluding hydrogens is 260 g/mol. The van der Waals surface area contributed by atoms with Gasteiger partial charge in [0.2, 0.25) is 0 Å². The molecule has 0 aliphatic rings. The highest BCUT2D eigenvalue weighted by Gasteiger charge is 2.13. The van der Waals surface area contributed by atoms with Crippen molar-refractivity contribution in [3.63, 3.8) is 0 Å². The fourth-order valence-corrected chi connectivity index (χ4v) is 2.73. The number of rotatable bonds is 5. The van der Waals surface area contributed by atoms with Gasteiger partial charge in [-0.2, -0.15) is 0 Å².